The lowest BCUT2D eigenvalue weighted by Crippen LogP contribution is -2.39. The van der Waals surface area contributed by atoms with Crippen molar-refractivity contribution in [1.29, 1.82) is 0 Å². The fraction of sp³-hybridized carbons (Fsp3) is 0.500. The second-order valence-electron chi connectivity index (χ2n) is 3.01. The number of amides is 3. The summed E-state index contributed by atoms with van der Waals surface area (Å²) >= 11 is 1.22. The number of rotatable bonds is 4. The summed E-state index contributed by atoms with van der Waals surface area (Å²) in [6.45, 7) is 4.33. The maximum absolute atomic E-state index is 11.4. The number of carbonyl (C=O) groups is 2. The zero-order valence-corrected chi connectivity index (χ0v) is 9.82. The largest absolute Gasteiger partial charge is 0.351 e. The van der Waals surface area contributed by atoms with Gasteiger partial charge in [-0.2, -0.15) is 0 Å². The predicted octanol–water partition coefficient (Wildman–Crippen LogP) is -0.0265. The number of primary amides is 1. The van der Waals surface area contributed by atoms with Crippen LogP contribution < -0.4 is 11.1 Å². The van der Waals surface area contributed by atoms with Crippen LogP contribution in [0.4, 0.5) is 4.79 Å². The first kappa shape index (κ1) is 12.5. The molecule has 0 unspecified atom stereocenters. The highest BCUT2D eigenvalue weighted by atomic mass is 32.2. The third-order valence-corrected chi connectivity index (χ3v) is 2.91. The zero-order chi connectivity index (χ0) is 12.1. The van der Waals surface area contributed by atoms with Crippen LogP contribution >= 0.6 is 11.8 Å². The van der Waals surface area contributed by atoms with Gasteiger partial charge < -0.3 is 10.3 Å². The topological polar surface area (TPSA) is 103 Å². The number of imide groups is 1. The SMILES string of the molecule is CCn1cnnc1S[C@H](C)C(=O)NC(N)=O. The van der Waals surface area contributed by atoms with E-state index in [1.807, 2.05) is 12.2 Å². The number of nitrogens with zero attached hydrogens (tertiary/aromatic N) is 3. The van der Waals surface area contributed by atoms with Gasteiger partial charge in [-0.15, -0.1) is 10.2 Å². The number of nitrogens with two attached hydrogens (primary N) is 1. The zero-order valence-electron chi connectivity index (χ0n) is 9.01. The summed E-state index contributed by atoms with van der Waals surface area (Å²) in [5, 5.41) is 9.79. The van der Waals surface area contributed by atoms with Gasteiger partial charge in [0.1, 0.15) is 6.33 Å². The Bertz CT molecular complexity index is 392. The van der Waals surface area contributed by atoms with Gasteiger partial charge in [-0.1, -0.05) is 11.8 Å². The van der Waals surface area contributed by atoms with E-state index in [0.29, 0.717) is 5.16 Å². The van der Waals surface area contributed by atoms with Crippen molar-refractivity contribution in [2.75, 3.05) is 0 Å². The molecule has 88 valence electrons. The van der Waals surface area contributed by atoms with Crippen LogP contribution in [0.25, 0.3) is 0 Å². The van der Waals surface area contributed by atoms with Crippen LogP contribution in [0.3, 0.4) is 0 Å². The minimum atomic E-state index is -0.852. The van der Waals surface area contributed by atoms with Gasteiger partial charge in [0.2, 0.25) is 5.91 Å². The van der Waals surface area contributed by atoms with Gasteiger partial charge in [-0.25, -0.2) is 4.79 Å². The molecule has 0 aliphatic carbocycles. The van der Waals surface area contributed by atoms with Crippen molar-refractivity contribution in [2.24, 2.45) is 5.73 Å². The molecule has 1 aromatic rings. The van der Waals surface area contributed by atoms with Crippen LogP contribution in [0.5, 0.6) is 0 Å². The van der Waals surface area contributed by atoms with Gasteiger partial charge in [-0.05, 0) is 13.8 Å². The lowest BCUT2D eigenvalue weighted by Gasteiger charge is -2.09. The van der Waals surface area contributed by atoms with E-state index < -0.39 is 17.2 Å². The molecule has 3 N–H and O–H groups in total. The van der Waals surface area contributed by atoms with E-state index in [9.17, 15) is 9.59 Å². The van der Waals surface area contributed by atoms with E-state index in [1.165, 1.54) is 11.8 Å². The van der Waals surface area contributed by atoms with Crippen molar-refractivity contribution in [3.05, 3.63) is 6.33 Å². The number of urea groups is 1. The molecule has 1 heterocycles. The highest BCUT2D eigenvalue weighted by Crippen LogP contribution is 2.20. The number of carbonyl (C=O) groups excluding carboxylic acids is 2. The van der Waals surface area contributed by atoms with Gasteiger partial charge >= 0.3 is 6.03 Å². The Morgan fingerprint density at radius 2 is 2.38 bits per heavy atom. The first-order chi connectivity index (χ1) is 7.54. The number of hydrogen-bond donors (Lipinski definition) is 2. The van der Waals surface area contributed by atoms with E-state index >= 15 is 0 Å². The summed E-state index contributed by atoms with van der Waals surface area (Å²) in [4.78, 5) is 21.9. The highest BCUT2D eigenvalue weighted by Gasteiger charge is 2.18. The Labute approximate surface area is 96.8 Å². The number of nitrogens with one attached hydrogen (secondary N) is 1. The summed E-state index contributed by atoms with van der Waals surface area (Å²) in [6.07, 6.45) is 1.58. The lowest BCUT2D eigenvalue weighted by atomic mass is 10.4. The van der Waals surface area contributed by atoms with Crippen molar-refractivity contribution < 1.29 is 9.59 Å². The summed E-state index contributed by atoms with van der Waals surface area (Å²) in [5.74, 6) is -0.442. The van der Waals surface area contributed by atoms with Crippen LogP contribution in [0, 0.1) is 0 Å². The Hall–Kier alpha value is -1.57. The molecular formula is C8H13N5O2S. The fourth-order valence-corrected chi connectivity index (χ4v) is 1.88. The molecule has 3 amide bonds. The maximum Gasteiger partial charge on any atom is 0.318 e. The van der Waals surface area contributed by atoms with Crippen LogP contribution in [-0.4, -0.2) is 32.0 Å². The second-order valence-corrected chi connectivity index (χ2v) is 4.32. The third-order valence-electron chi connectivity index (χ3n) is 1.82. The normalized spacial score (nSPS) is 12.1. The van der Waals surface area contributed by atoms with Crippen LogP contribution in [0.1, 0.15) is 13.8 Å². The molecule has 16 heavy (non-hydrogen) atoms. The molecule has 0 fully saturated rings. The third kappa shape index (κ3) is 3.23. The predicted molar refractivity (Wildman–Crippen MR) is 58.7 cm³/mol. The average molecular weight is 243 g/mol. The van der Waals surface area contributed by atoms with Gasteiger partial charge in [-0.3, -0.25) is 10.1 Å². The van der Waals surface area contributed by atoms with E-state index in [4.69, 9.17) is 5.73 Å². The Kier molecular flexibility index (Phi) is 4.29. The summed E-state index contributed by atoms with van der Waals surface area (Å²) in [5.41, 5.74) is 4.85. The van der Waals surface area contributed by atoms with Gasteiger partial charge in [0, 0.05) is 6.54 Å². The molecule has 1 aromatic heterocycles. The summed E-state index contributed by atoms with van der Waals surface area (Å²) in [6, 6.07) is -0.852. The molecule has 1 atom stereocenters. The van der Waals surface area contributed by atoms with E-state index in [0.717, 1.165) is 6.54 Å². The Morgan fingerprint density at radius 3 is 2.94 bits per heavy atom. The quantitative estimate of drug-likeness (QED) is 0.723. The molecule has 0 saturated carbocycles. The van der Waals surface area contributed by atoms with Crippen molar-refractivity contribution in [3.8, 4) is 0 Å². The molecule has 0 spiro atoms. The smallest absolute Gasteiger partial charge is 0.318 e. The average Bonchev–Trinajstić information content (AvgIpc) is 2.64. The van der Waals surface area contributed by atoms with Crippen LogP contribution in [-0.2, 0) is 11.3 Å². The summed E-state index contributed by atoms with van der Waals surface area (Å²) < 4.78 is 1.80. The Balaban J connectivity index is 2.60. The van der Waals surface area contributed by atoms with Gasteiger partial charge in [0.15, 0.2) is 5.16 Å². The Morgan fingerprint density at radius 1 is 1.69 bits per heavy atom. The molecule has 7 nitrogen and oxygen atoms in total. The van der Waals surface area contributed by atoms with Crippen LogP contribution in [0.15, 0.2) is 11.5 Å². The lowest BCUT2D eigenvalue weighted by molar-refractivity contribution is -0.119. The number of hydrogen-bond acceptors (Lipinski definition) is 5. The molecule has 0 radical (unpaired) electrons. The van der Waals surface area contributed by atoms with Crippen molar-refractivity contribution >= 4 is 23.7 Å². The van der Waals surface area contributed by atoms with Crippen LogP contribution in [0.2, 0.25) is 0 Å². The maximum atomic E-state index is 11.4. The number of aryl methyl sites for hydroxylation is 1. The first-order valence-corrected chi connectivity index (χ1v) is 5.57. The first-order valence-electron chi connectivity index (χ1n) is 4.69. The molecule has 1 rings (SSSR count). The van der Waals surface area contributed by atoms with Gasteiger partial charge in [0.25, 0.3) is 0 Å². The van der Waals surface area contributed by atoms with E-state index in [-0.39, 0.29) is 0 Å². The molecule has 8 heteroatoms. The molecule has 0 bridgehead atoms. The molecule has 0 aliphatic heterocycles. The standard InChI is InChI=1S/C8H13N5O2S/c1-3-13-4-10-12-8(13)16-5(2)6(14)11-7(9)15/h4-5H,3H2,1-2H3,(H3,9,11,14,15)/t5-/m1/s1. The van der Waals surface area contributed by atoms with E-state index in [2.05, 4.69) is 10.2 Å². The number of thioether (sulfide) groups is 1. The monoisotopic (exact) mass is 243 g/mol. The fourth-order valence-electron chi connectivity index (χ4n) is 0.987. The van der Waals surface area contributed by atoms with Crippen molar-refractivity contribution in [3.63, 3.8) is 0 Å². The molecule has 0 saturated heterocycles. The second kappa shape index (κ2) is 5.50. The van der Waals surface area contributed by atoms with Gasteiger partial charge in [0.05, 0.1) is 5.25 Å². The van der Waals surface area contributed by atoms with Crippen molar-refractivity contribution in [2.45, 2.75) is 30.8 Å². The van der Waals surface area contributed by atoms with Crippen molar-refractivity contribution in [1.82, 2.24) is 20.1 Å². The summed E-state index contributed by atoms with van der Waals surface area (Å²) in [7, 11) is 0. The molecule has 0 aromatic carbocycles. The highest BCUT2D eigenvalue weighted by molar-refractivity contribution is 8.00. The minimum Gasteiger partial charge on any atom is -0.351 e. The van der Waals surface area contributed by atoms with E-state index in [1.54, 1.807) is 17.8 Å². The molecule has 0 aliphatic rings. The number of aromatic nitrogens is 3. The molecular weight excluding hydrogens is 230 g/mol. The minimum absolute atomic E-state index is 0.442.